The summed E-state index contributed by atoms with van der Waals surface area (Å²) in [5.74, 6) is 0. The molecule has 16 heavy (non-hydrogen) atoms. The minimum absolute atomic E-state index is 0. The van der Waals surface area contributed by atoms with E-state index in [0.29, 0.717) is 26.4 Å². The second kappa shape index (κ2) is 11.5. The Morgan fingerprint density at radius 1 is 0.750 bits per heavy atom. The fourth-order valence-electron chi connectivity index (χ4n) is 1.12. The van der Waals surface area contributed by atoms with Gasteiger partial charge in [0.2, 0.25) is 0 Å². The zero-order valence-electron chi connectivity index (χ0n) is 10.9. The standard InChI is InChI=1S/C10H24O4Si.H2O/c1-5-9-10-14-15(11-6-2,12-7-3)13-8-4;/h5-10H2,1-4H3;1H2. The van der Waals surface area contributed by atoms with Gasteiger partial charge in [-0.2, -0.15) is 0 Å². The van der Waals surface area contributed by atoms with Gasteiger partial charge in [0.05, 0.1) is 0 Å². The Hall–Kier alpha value is 0.0169. The van der Waals surface area contributed by atoms with Gasteiger partial charge < -0.3 is 23.2 Å². The summed E-state index contributed by atoms with van der Waals surface area (Å²) in [6, 6.07) is 0. The molecular weight excluding hydrogens is 228 g/mol. The van der Waals surface area contributed by atoms with E-state index in [9.17, 15) is 0 Å². The molecule has 0 spiro atoms. The van der Waals surface area contributed by atoms with E-state index in [1.807, 2.05) is 20.8 Å². The van der Waals surface area contributed by atoms with E-state index >= 15 is 0 Å². The molecule has 0 unspecified atom stereocenters. The van der Waals surface area contributed by atoms with Crippen molar-refractivity contribution in [1.29, 1.82) is 0 Å². The SMILES string of the molecule is CCCCO[Si](OCC)(OCC)OCC.O. The summed E-state index contributed by atoms with van der Waals surface area (Å²) in [5.41, 5.74) is 0. The summed E-state index contributed by atoms with van der Waals surface area (Å²) in [7, 11) is -2.83. The monoisotopic (exact) mass is 254 g/mol. The Morgan fingerprint density at radius 2 is 1.19 bits per heavy atom. The summed E-state index contributed by atoms with van der Waals surface area (Å²) >= 11 is 0. The molecule has 0 fully saturated rings. The van der Waals surface area contributed by atoms with Crippen LogP contribution in [0, 0.1) is 0 Å². The zero-order valence-corrected chi connectivity index (χ0v) is 11.9. The molecule has 0 aromatic carbocycles. The first kappa shape index (κ1) is 18.4. The maximum absolute atomic E-state index is 5.66. The topological polar surface area (TPSA) is 68.4 Å². The minimum Gasteiger partial charge on any atom is -0.412 e. The molecule has 0 heterocycles. The van der Waals surface area contributed by atoms with Gasteiger partial charge >= 0.3 is 9.05 Å². The second-order valence-corrected chi connectivity index (χ2v) is 5.16. The summed E-state index contributed by atoms with van der Waals surface area (Å²) in [5, 5.41) is 0. The quantitative estimate of drug-likeness (QED) is 0.438. The predicted molar refractivity (Wildman–Crippen MR) is 65.1 cm³/mol. The number of rotatable bonds is 10. The Labute approximate surface area is 99.8 Å². The van der Waals surface area contributed by atoms with Crippen molar-refractivity contribution < 1.29 is 23.2 Å². The Kier molecular flexibility index (Phi) is 13.2. The van der Waals surface area contributed by atoms with Crippen LogP contribution < -0.4 is 0 Å². The van der Waals surface area contributed by atoms with Crippen LogP contribution in [0.25, 0.3) is 0 Å². The molecule has 0 saturated carbocycles. The Morgan fingerprint density at radius 3 is 1.50 bits per heavy atom. The molecule has 0 atom stereocenters. The van der Waals surface area contributed by atoms with Gasteiger partial charge in [-0.15, -0.1) is 0 Å². The molecule has 0 saturated heterocycles. The van der Waals surface area contributed by atoms with Crippen molar-refractivity contribution in [1.82, 2.24) is 0 Å². The molecule has 6 heteroatoms. The highest BCUT2D eigenvalue weighted by atomic mass is 28.4. The van der Waals surface area contributed by atoms with E-state index < -0.39 is 9.05 Å². The van der Waals surface area contributed by atoms with Gasteiger partial charge in [0.1, 0.15) is 0 Å². The highest BCUT2D eigenvalue weighted by Crippen LogP contribution is 2.12. The third-order valence-corrected chi connectivity index (χ3v) is 4.22. The molecule has 0 aliphatic heterocycles. The number of unbranched alkanes of at least 4 members (excludes halogenated alkanes) is 1. The van der Waals surface area contributed by atoms with Crippen LogP contribution in [0.15, 0.2) is 0 Å². The third-order valence-electron chi connectivity index (χ3n) is 1.74. The first-order valence-corrected chi connectivity index (χ1v) is 7.43. The van der Waals surface area contributed by atoms with E-state index in [-0.39, 0.29) is 5.48 Å². The first-order valence-electron chi connectivity index (χ1n) is 5.80. The van der Waals surface area contributed by atoms with Crippen LogP contribution in [-0.4, -0.2) is 41.0 Å². The van der Waals surface area contributed by atoms with Crippen LogP contribution in [0.1, 0.15) is 40.5 Å². The average Bonchev–Trinajstić information content (AvgIpc) is 2.19. The molecule has 0 bridgehead atoms. The van der Waals surface area contributed by atoms with E-state index in [0.717, 1.165) is 12.8 Å². The average molecular weight is 254 g/mol. The van der Waals surface area contributed by atoms with Crippen molar-refractivity contribution in [3.8, 4) is 0 Å². The number of hydrogen-bond acceptors (Lipinski definition) is 4. The molecule has 0 aromatic rings. The lowest BCUT2D eigenvalue weighted by Crippen LogP contribution is -2.49. The molecular formula is C10H26O5Si. The molecule has 5 nitrogen and oxygen atoms in total. The second-order valence-electron chi connectivity index (χ2n) is 3.00. The van der Waals surface area contributed by atoms with Crippen LogP contribution >= 0.6 is 0 Å². The fraction of sp³-hybridized carbons (Fsp3) is 1.00. The largest absolute Gasteiger partial charge is 0.679 e. The van der Waals surface area contributed by atoms with Crippen LogP contribution in [0.2, 0.25) is 0 Å². The van der Waals surface area contributed by atoms with Crippen molar-refractivity contribution in [3.63, 3.8) is 0 Å². The third kappa shape index (κ3) is 7.32. The van der Waals surface area contributed by atoms with Gasteiger partial charge in [-0.3, -0.25) is 0 Å². The normalized spacial score (nSPS) is 11.2. The van der Waals surface area contributed by atoms with Gasteiger partial charge in [-0.05, 0) is 27.2 Å². The van der Waals surface area contributed by atoms with E-state index in [4.69, 9.17) is 17.7 Å². The minimum atomic E-state index is -2.83. The van der Waals surface area contributed by atoms with Gasteiger partial charge in [0.25, 0.3) is 0 Å². The summed E-state index contributed by atoms with van der Waals surface area (Å²) in [6.45, 7) is 10.2. The van der Waals surface area contributed by atoms with Crippen LogP contribution in [0.5, 0.6) is 0 Å². The molecule has 0 radical (unpaired) electrons. The van der Waals surface area contributed by atoms with Crippen molar-refractivity contribution in [2.45, 2.75) is 40.5 Å². The Bertz CT molecular complexity index is 128. The maximum Gasteiger partial charge on any atom is 0.679 e. The van der Waals surface area contributed by atoms with E-state index in [1.54, 1.807) is 0 Å². The van der Waals surface area contributed by atoms with E-state index in [2.05, 4.69) is 6.92 Å². The van der Waals surface area contributed by atoms with Gasteiger partial charge in [-0.25, -0.2) is 0 Å². The Balaban J connectivity index is 0. The van der Waals surface area contributed by atoms with Crippen LogP contribution in [-0.2, 0) is 17.7 Å². The molecule has 0 rings (SSSR count). The first-order chi connectivity index (χ1) is 7.24. The highest BCUT2D eigenvalue weighted by Gasteiger charge is 2.44. The summed E-state index contributed by atoms with van der Waals surface area (Å²) in [4.78, 5) is 0. The molecule has 2 N–H and O–H groups in total. The smallest absolute Gasteiger partial charge is 0.412 e. The van der Waals surface area contributed by atoms with Crippen LogP contribution in [0.4, 0.5) is 0 Å². The van der Waals surface area contributed by atoms with E-state index in [1.165, 1.54) is 0 Å². The number of hydrogen-bond donors (Lipinski definition) is 0. The lowest BCUT2D eigenvalue weighted by molar-refractivity contribution is -0.0278. The molecule has 0 aliphatic rings. The van der Waals surface area contributed by atoms with Gasteiger partial charge in [0.15, 0.2) is 0 Å². The fourth-order valence-corrected chi connectivity index (χ4v) is 3.08. The molecule has 100 valence electrons. The molecule has 0 aliphatic carbocycles. The van der Waals surface area contributed by atoms with Gasteiger partial charge in [0, 0.05) is 26.4 Å². The lowest BCUT2D eigenvalue weighted by atomic mass is 10.4. The molecule has 0 aromatic heterocycles. The van der Waals surface area contributed by atoms with Crippen molar-refractivity contribution in [3.05, 3.63) is 0 Å². The van der Waals surface area contributed by atoms with Crippen molar-refractivity contribution in [2.75, 3.05) is 26.4 Å². The van der Waals surface area contributed by atoms with Crippen LogP contribution in [0.3, 0.4) is 0 Å². The summed E-state index contributed by atoms with van der Waals surface area (Å²) in [6.07, 6.45) is 2.09. The maximum atomic E-state index is 5.66. The highest BCUT2D eigenvalue weighted by molar-refractivity contribution is 6.53. The lowest BCUT2D eigenvalue weighted by Gasteiger charge is -2.26. The van der Waals surface area contributed by atoms with Gasteiger partial charge in [-0.1, -0.05) is 13.3 Å². The van der Waals surface area contributed by atoms with Crippen molar-refractivity contribution >= 4 is 9.05 Å². The predicted octanol–water partition coefficient (Wildman–Crippen LogP) is 1.52. The molecule has 0 amide bonds. The summed E-state index contributed by atoms with van der Waals surface area (Å²) < 4.78 is 22.3. The zero-order chi connectivity index (χ0) is 11.6. The van der Waals surface area contributed by atoms with Crippen molar-refractivity contribution in [2.24, 2.45) is 0 Å².